The van der Waals surface area contributed by atoms with E-state index >= 15 is 0 Å². The number of pyridine rings is 2. The molecule has 0 spiro atoms. The van der Waals surface area contributed by atoms with Gasteiger partial charge in [0, 0.05) is 55.3 Å². The zero-order valence-electron chi connectivity index (χ0n) is 12.1. The number of aromatic nitrogens is 2. The molecular weight excluding hydrogens is 328 g/mol. The maximum atomic E-state index is 4.48. The lowest BCUT2D eigenvalue weighted by Crippen LogP contribution is -2.47. The van der Waals surface area contributed by atoms with E-state index in [4.69, 9.17) is 0 Å². The van der Waals surface area contributed by atoms with E-state index in [0.717, 1.165) is 36.5 Å². The number of nitrogens with zero attached hydrogens (tertiary/aromatic N) is 4. The molecule has 0 aliphatic carbocycles. The molecule has 3 rings (SSSR count). The second-order valence-corrected chi connectivity index (χ2v) is 6.24. The minimum Gasteiger partial charge on any atom is -0.354 e. The first-order valence-electron chi connectivity index (χ1n) is 7.24. The fourth-order valence-electron chi connectivity index (χ4n) is 2.73. The van der Waals surface area contributed by atoms with Gasteiger partial charge in [-0.15, -0.1) is 0 Å². The summed E-state index contributed by atoms with van der Waals surface area (Å²) in [7, 11) is 0. The molecule has 1 atom stereocenters. The molecule has 0 saturated carbocycles. The highest BCUT2D eigenvalue weighted by molar-refractivity contribution is 9.10. The summed E-state index contributed by atoms with van der Waals surface area (Å²) in [5.41, 5.74) is 1.28. The van der Waals surface area contributed by atoms with Crippen LogP contribution in [0.5, 0.6) is 0 Å². The van der Waals surface area contributed by atoms with Crippen LogP contribution in [0.15, 0.2) is 47.3 Å². The van der Waals surface area contributed by atoms with Gasteiger partial charge in [-0.1, -0.05) is 6.07 Å². The SMILES string of the molecule is CC(c1cccnc1)N1CCN(c2ccc(Br)cn2)CC1. The van der Waals surface area contributed by atoms with Crippen LogP contribution in [0.1, 0.15) is 18.5 Å². The van der Waals surface area contributed by atoms with Gasteiger partial charge in [-0.25, -0.2) is 4.98 Å². The fraction of sp³-hybridized carbons (Fsp3) is 0.375. The molecule has 4 nitrogen and oxygen atoms in total. The monoisotopic (exact) mass is 346 g/mol. The summed E-state index contributed by atoms with van der Waals surface area (Å²) in [5, 5.41) is 0. The minimum absolute atomic E-state index is 0.415. The van der Waals surface area contributed by atoms with Crippen molar-refractivity contribution in [3.63, 3.8) is 0 Å². The van der Waals surface area contributed by atoms with Gasteiger partial charge in [-0.2, -0.15) is 0 Å². The van der Waals surface area contributed by atoms with Crippen LogP contribution in [-0.2, 0) is 0 Å². The van der Waals surface area contributed by atoms with Crippen LogP contribution in [0.2, 0.25) is 0 Å². The molecule has 3 heterocycles. The quantitative estimate of drug-likeness (QED) is 0.854. The minimum atomic E-state index is 0.415. The van der Waals surface area contributed by atoms with Crippen molar-refractivity contribution in [2.45, 2.75) is 13.0 Å². The topological polar surface area (TPSA) is 32.3 Å². The average molecular weight is 347 g/mol. The number of rotatable bonds is 3. The van der Waals surface area contributed by atoms with Gasteiger partial charge >= 0.3 is 0 Å². The number of piperazine rings is 1. The highest BCUT2D eigenvalue weighted by Crippen LogP contribution is 2.22. The lowest BCUT2D eigenvalue weighted by atomic mass is 10.1. The Morgan fingerprint density at radius 3 is 2.52 bits per heavy atom. The largest absolute Gasteiger partial charge is 0.354 e. The average Bonchev–Trinajstić information content (AvgIpc) is 2.56. The molecule has 0 N–H and O–H groups in total. The molecule has 1 fully saturated rings. The van der Waals surface area contributed by atoms with Crippen LogP contribution in [0.3, 0.4) is 0 Å². The highest BCUT2D eigenvalue weighted by Gasteiger charge is 2.22. The first-order chi connectivity index (χ1) is 10.2. The first-order valence-corrected chi connectivity index (χ1v) is 8.04. The first kappa shape index (κ1) is 14.5. The van der Waals surface area contributed by atoms with Crippen molar-refractivity contribution in [1.29, 1.82) is 0 Å². The van der Waals surface area contributed by atoms with E-state index in [-0.39, 0.29) is 0 Å². The Bertz CT molecular complexity index is 565. The zero-order valence-corrected chi connectivity index (χ0v) is 13.7. The predicted octanol–water partition coefficient (Wildman–Crippen LogP) is 3.12. The van der Waals surface area contributed by atoms with E-state index in [9.17, 15) is 0 Å². The van der Waals surface area contributed by atoms with Crippen molar-refractivity contribution < 1.29 is 0 Å². The Morgan fingerprint density at radius 2 is 1.90 bits per heavy atom. The van der Waals surface area contributed by atoms with Crippen LogP contribution in [0.25, 0.3) is 0 Å². The van der Waals surface area contributed by atoms with Gasteiger partial charge in [0.2, 0.25) is 0 Å². The molecule has 2 aromatic heterocycles. The lowest BCUT2D eigenvalue weighted by Gasteiger charge is -2.38. The van der Waals surface area contributed by atoms with Crippen molar-refractivity contribution in [3.05, 3.63) is 52.9 Å². The van der Waals surface area contributed by atoms with Crippen molar-refractivity contribution in [2.24, 2.45) is 0 Å². The summed E-state index contributed by atoms with van der Waals surface area (Å²) in [4.78, 5) is 13.6. The maximum Gasteiger partial charge on any atom is 0.128 e. The Balaban J connectivity index is 1.61. The second-order valence-electron chi connectivity index (χ2n) is 5.32. The summed E-state index contributed by atoms with van der Waals surface area (Å²) in [6.45, 7) is 6.38. The number of anilines is 1. The van der Waals surface area contributed by atoms with E-state index in [0.29, 0.717) is 6.04 Å². The van der Waals surface area contributed by atoms with Crippen molar-refractivity contribution in [3.8, 4) is 0 Å². The normalized spacial score (nSPS) is 17.7. The molecule has 1 aliphatic heterocycles. The van der Waals surface area contributed by atoms with Gasteiger partial charge in [0.25, 0.3) is 0 Å². The summed E-state index contributed by atoms with van der Waals surface area (Å²) < 4.78 is 1.02. The molecule has 110 valence electrons. The van der Waals surface area contributed by atoms with Gasteiger partial charge in [-0.05, 0) is 46.6 Å². The Hall–Kier alpha value is -1.46. The fourth-order valence-corrected chi connectivity index (χ4v) is 2.96. The molecule has 5 heteroatoms. The van der Waals surface area contributed by atoms with E-state index in [1.807, 2.05) is 30.7 Å². The highest BCUT2D eigenvalue weighted by atomic mass is 79.9. The molecule has 1 unspecified atom stereocenters. The third-order valence-electron chi connectivity index (χ3n) is 4.06. The molecule has 0 bridgehead atoms. The van der Waals surface area contributed by atoms with Gasteiger partial charge in [0.05, 0.1) is 0 Å². The number of hydrogen-bond donors (Lipinski definition) is 0. The van der Waals surface area contributed by atoms with Gasteiger partial charge in [0.1, 0.15) is 5.82 Å². The van der Waals surface area contributed by atoms with Gasteiger partial charge < -0.3 is 4.90 Å². The molecule has 21 heavy (non-hydrogen) atoms. The summed E-state index contributed by atoms with van der Waals surface area (Å²) in [5.74, 6) is 1.06. The van der Waals surface area contributed by atoms with Crippen molar-refractivity contribution >= 4 is 21.7 Å². The molecule has 1 aliphatic rings. The van der Waals surface area contributed by atoms with Gasteiger partial charge in [-0.3, -0.25) is 9.88 Å². The van der Waals surface area contributed by atoms with Gasteiger partial charge in [0.15, 0.2) is 0 Å². The van der Waals surface area contributed by atoms with E-state index in [1.165, 1.54) is 5.56 Å². The number of halogens is 1. The van der Waals surface area contributed by atoms with Crippen molar-refractivity contribution in [2.75, 3.05) is 31.1 Å². The molecular formula is C16H19BrN4. The van der Waals surface area contributed by atoms with Crippen LogP contribution >= 0.6 is 15.9 Å². The zero-order chi connectivity index (χ0) is 14.7. The third kappa shape index (κ3) is 3.41. The molecule has 0 amide bonds. The standard InChI is InChI=1S/C16H19BrN4/c1-13(14-3-2-6-18-11-14)20-7-9-21(10-8-20)16-5-4-15(17)12-19-16/h2-6,11-13H,7-10H2,1H3. The summed E-state index contributed by atoms with van der Waals surface area (Å²) >= 11 is 3.43. The maximum absolute atomic E-state index is 4.48. The predicted molar refractivity (Wildman–Crippen MR) is 88.4 cm³/mol. The molecule has 0 radical (unpaired) electrons. The van der Waals surface area contributed by atoms with E-state index in [2.05, 4.69) is 54.8 Å². The van der Waals surface area contributed by atoms with E-state index < -0.39 is 0 Å². The Labute approximate surface area is 133 Å². The molecule has 2 aromatic rings. The smallest absolute Gasteiger partial charge is 0.128 e. The van der Waals surface area contributed by atoms with Crippen molar-refractivity contribution in [1.82, 2.24) is 14.9 Å². The molecule has 0 aromatic carbocycles. The summed E-state index contributed by atoms with van der Waals surface area (Å²) in [6.07, 6.45) is 5.65. The summed E-state index contributed by atoms with van der Waals surface area (Å²) in [6, 6.07) is 8.70. The van der Waals surface area contributed by atoms with Crippen LogP contribution in [0.4, 0.5) is 5.82 Å². The van der Waals surface area contributed by atoms with Crippen LogP contribution in [-0.4, -0.2) is 41.0 Å². The van der Waals surface area contributed by atoms with Crippen LogP contribution < -0.4 is 4.90 Å². The Morgan fingerprint density at radius 1 is 1.10 bits per heavy atom. The van der Waals surface area contributed by atoms with Crippen LogP contribution in [0, 0.1) is 0 Å². The Kier molecular flexibility index (Phi) is 4.51. The lowest BCUT2D eigenvalue weighted by molar-refractivity contribution is 0.198. The second kappa shape index (κ2) is 6.54. The van der Waals surface area contributed by atoms with E-state index in [1.54, 1.807) is 0 Å². The third-order valence-corrected chi connectivity index (χ3v) is 4.53. The number of hydrogen-bond acceptors (Lipinski definition) is 4. The molecule has 1 saturated heterocycles.